The van der Waals surface area contributed by atoms with Crippen molar-refractivity contribution in [3.63, 3.8) is 0 Å². The number of fused-ring (bicyclic) bond motifs is 2. The van der Waals surface area contributed by atoms with Crippen molar-refractivity contribution in [2.45, 2.75) is 18.4 Å². The molecule has 1 heterocycles. The Morgan fingerprint density at radius 3 is 3.00 bits per heavy atom. The highest BCUT2D eigenvalue weighted by atomic mass is 16.5. The summed E-state index contributed by atoms with van der Waals surface area (Å²) in [6.45, 7) is 0. The zero-order valence-electron chi connectivity index (χ0n) is 9.63. The van der Waals surface area contributed by atoms with E-state index < -0.39 is 11.6 Å². The van der Waals surface area contributed by atoms with Crippen LogP contribution < -0.4 is 0 Å². The zero-order chi connectivity index (χ0) is 12.8. The fourth-order valence-corrected chi connectivity index (χ4v) is 2.80. The summed E-state index contributed by atoms with van der Waals surface area (Å²) >= 11 is 0. The molecule has 0 saturated carbocycles. The Labute approximate surface area is 104 Å². The fraction of sp³-hybridized carbons (Fsp3) is 0.286. The summed E-state index contributed by atoms with van der Waals surface area (Å²) in [4.78, 5) is 23.1. The molecule has 4 heteroatoms. The summed E-state index contributed by atoms with van der Waals surface area (Å²) in [7, 11) is 0. The van der Waals surface area contributed by atoms with Crippen LogP contribution in [-0.2, 0) is 14.3 Å². The first kappa shape index (κ1) is 11.0. The lowest BCUT2D eigenvalue weighted by atomic mass is 9.71. The van der Waals surface area contributed by atoms with E-state index >= 15 is 0 Å². The van der Waals surface area contributed by atoms with Gasteiger partial charge in [0.1, 0.15) is 0 Å². The summed E-state index contributed by atoms with van der Waals surface area (Å²) in [5.41, 5.74) is -0.0175. The molecular weight excluding hydrogens is 232 g/mol. The van der Waals surface area contributed by atoms with Crippen LogP contribution in [0.5, 0.6) is 0 Å². The Balaban J connectivity index is 2.01. The van der Waals surface area contributed by atoms with Gasteiger partial charge in [-0.05, 0) is 18.4 Å². The standard InChI is InChI=1S/C14H12O4/c15-12-8-11(13(16)17)18-14(12)7-3-5-9-4-1-2-6-10(9)14/h1-2,4-6,8,10H,3,7H2,(H,16,17). The van der Waals surface area contributed by atoms with Crippen molar-refractivity contribution in [3.05, 3.63) is 47.8 Å². The molecule has 0 saturated heterocycles. The van der Waals surface area contributed by atoms with Crippen molar-refractivity contribution >= 4 is 11.8 Å². The highest BCUT2D eigenvalue weighted by Crippen LogP contribution is 2.45. The summed E-state index contributed by atoms with van der Waals surface area (Å²) in [6.07, 6.45) is 12.0. The molecule has 2 atom stereocenters. The number of aliphatic carboxylic acids is 1. The average Bonchev–Trinajstić information content (AvgIpc) is 2.69. The molecule has 0 aromatic heterocycles. The molecule has 92 valence electrons. The Morgan fingerprint density at radius 1 is 1.44 bits per heavy atom. The maximum Gasteiger partial charge on any atom is 0.371 e. The zero-order valence-corrected chi connectivity index (χ0v) is 9.63. The van der Waals surface area contributed by atoms with Crippen molar-refractivity contribution in [2.24, 2.45) is 5.92 Å². The third-order valence-electron chi connectivity index (χ3n) is 3.64. The first-order chi connectivity index (χ1) is 8.63. The van der Waals surface area contributed by atoms with Gasteiger partial charge in [0.25, 0.3) is 0 Å². The molecule has 1 N–H and O–H groups in total. The molecule has 18 heavy (non-hydrogen) atoms. The molecule has 0 fully saturated rings. The maximum atomic E-state index is 12.2. The fourth-order valence-electron chi connectivity index (χ4n) is 2.80. The molecule has 0 bridgehead atoms. The number of rotatable bonds is 1. The molecule has 0 aromatic carbocycles. The molecule has 1 spiro atoms. The number of carboxylic acid groups (broad SMARTS) is 1. The average molecular weight is 244 g/mol. The molecule has 0 amide bonds. The van der Waals surface area contributed by atoms with E-state index in [1.165, 1.54) is 0 Å². The predicted octanol–water partition coefficient (Wildman–Crippen LogP) is 1.76. The van der Waals surface area contributed by atoms with Gasteiger partial charge in [0, 0.05) is 12.0 Å². The molecule has 3 aliphatic rings. The number of allylic oxidation sites excluding steroid dienone is 4. The minimum atomic E-state index is -1.19. The quantitative estimate of drug-likeness (QED) is 0.763. The van der Waals surface area contributed by atoms with Crippen LogP contribution in [0, 0.1) is 5.92 Å². The van der Waals surface area contributed by atoms with Crippen LogP contribution in [0.4, 0.5) is 0 Å². The van der Waals surface area contributed by atoms with Gasteiger partial charge >= 0.3 is 5.97 Å². The molecule has 0 aromatic rings. The van der Waals surface area contributed by atoms with Crippen LogP contribution >= 0.6 is 0 Å². The Bertz CT molecular complexity index is 550. The topological polar surface area (TPSA) is 63.6 Å². The summed E-state index contributed by atoms with van der Waals surface area (Å²) in [6, 6.07) is 0. The smallest absolute Gasteiger partial charge is 0.371 e. The summed E-state index contributed by atoms with van der Waals surface area (Å²) < 4.78 is 5.52. The highest BCUT2D eigenvalue weighted by Gasteiger charge is 2.53. The number of ether oxygens (including phenoxy) is 1. The normalized spacial score (nSPS) is 32.9. The number of carboxylic acids is 1. The molecule has 2 unspecified atom stereocenters. The second-order valence-corrected chi connectivity index (χ2v) is 4.63. The number of carbonyl (C=O) groups excluding carboxylic acids is 1. The maximum absolute atomic E-state index is 12.2. The van der Waals surface area contributed by atoms with E-state index in [0.717, 1.165) is 18.1 Å². The van der Waals surface area contributed by atoms with E-state index in [1.807, 2.05) is 24.3 Å². The molecular formula is C14H12O4. The molecule has 4 nitrogen and oxygen atoms in total. The van der Waals surface area contributed by atoms with Crippen LogP contribution in [0.3, 0.4) is 0 Å². The largest absolute Gasteiger partial charge is 0.475 e. The van der Waals surface area contributed by atoms with Gasteiger partial charge in [-0.15, -0.1) is 0 Å². The van der Waals surface area contributed by atoms with Gasteiger partial charge in [0.2, 0.25) is 11.5 Å². The van der Waals surface area contributed by atoms with Crippen molar-refractivity contribution < 1.29 is 19.4 Å². The van der Waals surface area contributed by atoms with E-state index in [0.29, 0.717) is 6.42 Å². The lowest BCUT2D eigenvalue weighted by molar-refractivity contribution is -0.144. The number of hydrogen-bond donors (Lipinski definition) is 1. The van der Waals surface area contributed by atoms with E-state index in [1.54, 1.807) is 0 Å². The van der Waals surface area contributed by atoms with Crippen LogP contribution in [0.25, 0.3) is 0 Å². The monoisotopic (exact) mass is 244 g/mol. The minimum Gasteiger partial charge on any atom is -0.475 e. The molecule has 1 aliphatic heterocycles. The minimum absolute atomic E-state index is 0.183. The third-order valence-corrected chi connectivity index (χ3v) is 3.64. The van der Waals surface area contributed by atoms with Gasteiger partial charge in [-0.2, -0.15) is 0 Å². The summed E-state index contributed by atoms with van der Waals surface area (Å²) in [5.74, 6) is -1.86. The molecule has 3 rings (SSSR count). The van der Waals surface area contributed by atoms with Gasteiger partial charge in [-0.25, -0.2) is 4.79 Å². The lowest BCUT2D eigenvalue weighted by Gasteiger charge is -2.38. The van der Waals surface area contributed by atoms with Gasteiger partial charge in [-0.3, -0.25) is 4.79 Å². The van der Waals surface area contributed by atoms with Crippen LogP contribution in [-0.4, -0.2) is 22.5 Å². The second kappa shape index (κ2) is 3.70. The van der Waals surface area contributed by atoms with Crippen LogP contribution in [0.2, 0.25) is 0 Å². The van der Waals surface area contributed by atoms with Gasteiger partial charge in [-0.1, -0.05) is 30.4 Å². The van der Waals surface area contributed by atoms with Crippen LogP contribution in [0.15, 0.2) is 47.8 Å². The van der Waals surface area contributed by atoms with E-state index in [-0.39, 0.29) is 17.5 Å². The van der Waals surface area contributed by atoms with Crippen molar-refractivity contribution in [3.8, 4) is 0 Å². The lowest BCUT2D eigenvalue weighted by Crippen LogP contribution is -2.46. The SMILES string of the molecule is O=C(O)C1=CC(=O)C2(CCC=C3C=CC=CC32)O1. The van der Waals surface area contributed by atoms with Crippen molar-refractivity contribution in [1.82, 2.24) is 0 Å². The highest BCUT2D eigenvalue weighted by molar-refractivity contribution is 6.06. The Kier molecular flexibility index (Phi) is 2.26. The first-order valence-corrected chi connectivity index (χ1v) is 5.87. The molecule has 0 radical (unpaired) electrons. The van der Waals surface area contributed by atoms with Crippen LogP contribution in [0.1, 0.15) is 12.8 Å². The van der Waals surface area contributed by atoms with E-state index in [9.17, 15) is 9.59 Å². The van der Waals surface area contributed by atoms with E-state index in [2.05, 4.69) is 6.08 Å². The number of ketones is 1. The second-order valence-electron chi connectivity index (χ2n) is 4.63. The van der Waals surface area contributed by atoms with Crippen molar-refractivity contribution in [2.75, 3.05) is 0 Å². The van der Waals surface area contributed by atoms with Gasteiger partial charge in [0.15, 0.2) is 5.60 Å². The summed E-state index contributed by atoms with van der Waals surface area (Å²) in [5, 5.41) is 8.95. The Hall–Kier alpha value is -2.10. The third kappa shape index (κ3) is 1.38. The first-order valence-electron chi connectivity index (χ1n) is 5.87. The van der Waals surface area contributed by atoms with Gasteiger partial charge in [0.05, 0.1) is 0 Å². The Morgan fingerprint density at radius 2 is 2.28 bits per heavy atom. The predicted molar refractivity (Wildman–Crippen MR) is 63.6 cm³/mol. The number of carbonyl (C=O) groups is 2. The van der Waals surface area contributed by atoms with Crippen molar-refractivity contribution in [1.29, 1.82) is 0 Å². The number of hydrogen-bond acceptors (Lipinski definition) is 3. The molecule has 2 aliphatic carbocycles. The van der Waals surface area contributed by atoms with Gasteiger partial charge < -0.3 is 9.84 Å². The van der Waals surface area contributed by atoms with E-state index in [4.69, 9.17) is 9.84 Å².